The second kappa shape index (κ2) is 7.49. The van der Waals surface area contributed by atoms with E-state index in [2.05, 4.69) is 17.5 Å². The number of carbonyl (C=O) groups excluding carboxylic acids is 1. The SMILES string of the molecule is O=C(C[C@@H]1C=CCC1)Nc1cccc(S(=O)(=O)N2CCCCC2)c1. The molecule has 1 atom stereocenters. The number of amides is 1. The van der Waals surface area contributed by atoms with Crippen molar-refractivity contribution < 1.29 is 13.2 Å². The van der Waals surface area contributed by atoms with Crippen LogP contribution in [0.15, 0.2) is 41.3 Å². The van der Waals surface area contributed by atoms with Crippen LogP contribution >= 0.6 is 0 Å². The Balaban J connectivity index is 1.69. The van der Waals surface area contributed by atoms with E-state index in [1.54, 1.807) is 28.6 Å². The summed E-state index contributed by atoms with van der Waals surface area (Å²) in [6.45, 7) is 1.15. The average molecular weight is 348 g/mol. The molecule has 1 heterocycles. The number of nitrogens with one attached hydrogen (secondary N) is 1. The lowest BCUT2D eigenvalue weighted by Crippen LogP contribution is -2.35. The summed E-state index contributed by atoms with van der Waals surface area (Å²) in [6, 6.07) is 6.57. The Morgan fingerprint density at radius 1 is 1.21 bits per heavy atom. The third-order valence-electron chi connectivity index (χ3n) is 4.63. The number of piperidine rings is 1. The van der Waals surface area contributed by atoms with Gasteiger partial charge in [-0.05, 0) is 49.8 Å². The molecule has 0 spiro atoms. The number of hydrogen-bond acceptors (Lipinski definition) is 3. The number of sulfonamides is 1. The first-order valence-corrected chi connectivity index (χ1v) is 10.1. The lowest BCUT2D eigenvalue weighted by atomic mass is 10.1. The number of carbonyl (C=O) groups is 1. The number of allylic oxidation sites excluding steroid dienone is 2. The largest absolute Gasteiger partial charge is 0.326 e. The zero-order valence-corrected chi connectivity index (χ0v) is 14.6. The maximum Gasteiger partial charge on any atom is 0.243 e. The number of benzene rings is 1. The summed E-state index contributed by atoms with van der Waals surface area (Å²) in [6.07, 6.45) is 9.56. The van der Waals surface area contributed by atoms with Gasteiger partial charge in [0.05, 0.1) is 4.90 Å². The standard InChI is InChI=1S/C18H24N2O3S/c21-18(13-15-7-2-3-8-15)19-16-9-6-10-17(14-16)24(22,23)20-11-4-1-5-12-20/h2,6-7,9-10,14-15H,1,3-5,8,11-13H2,(H,19,21)/t15-/m1/s1. The van der Waals surface area contributed by atoms with E-state index in [0.29, 0.717) is 31.1 Å². The van der Waals surface area contributed by atoms with Gasteiger partial charge in [0, 0.05) is 25.2 Å². The van der Waals surface area contributed by atoms with Gasteiger partial charge >= 0.3 is 0 Å². The molecule has 1 saturated heterocycles. The Bertz CT molecular complexity index is 722. The molecular formula is C18H24N2O3S. The molecule has 0 radical (unpaired) electrons. The van der Waals surface area contributed by atoms with Gasteiger partial charge in [-0.1, -0.05) is 24.6 Å². The van der Waals surface area contributed by atoms with Crippen molar-refractivity contribution in [3.8, 4) is 0 Å². The lowest BCUT2D eigenvalue weighted by molar-refractivity contribution is -0.116. The van der Waals surface area contributed by atoms with Crippen LogP contribution in [0.1, 0.15) is 38.5 Å². The van der Waals surface area contributed by atoms with Gasteiger partial charge in [-0.25, -0.2) is 8.42 Å². The van der Waals surface area contributed by atoms with Crippen molar-refractivity contribution >= 4 is 21.6 Å². The van der Waals surface area contributed by atoms with Gasteiger partial charge in [-0.3, -0.25) is 4.79 Å². The lowest BCUT2D eigenvalue weighted by Gasteiger charge is -2.26. The molecule has 130 valence electrons. The van der Waals surface area contributed by atoms with Crippen molar-refractivity contribution in [2.45, 2.75) is 43.4 Å². The van der Waals surface area contributed by atoms with Crippen molar-refractivity contribution in [3.63, 3.8) is 0 Å². The van der Waals surface area contributed by atoms with Gasteiger partial charge in [0.2, 0.25) is 15.9 Å². The average Bonchev–Trinajstić information content (AvgIpc) is 3.08. The van der Waals surface area contributed by atoms with Crippen LogP contribution in [0.5, 0.6) is 0 Å². The molecule has 0 saturated carbocycles. The quantitative estimate of drug-likeness (QED) is 0.831. The number of rotatable bonds is 5. The second-order valence-corrected chi connectivity index (χ2v) is 8.45. The summed E-state index contributed by atoms with van der Waals surface area (Å²) in [5.74, 6) is 0.226. The van der Waals surface area contributed by atoms with Crippen LogP contribution in [-0.2, 0) is 14.8 Å². The van der Waals surface area contributed by atoms with Crippen LogP contribution in [0.2, 0.25) is 0 Å². The number of nitrogens with zero attached hydrogens (tertiary/aromatic N) is 1. The van der Waals surface area contributed by atoms with E-state index < -0.39 is 10.0 Å². The van der Waals surface area contributed by atoms with Crippen LogP contribution in [0.3, 0.4) is 0 Å². The van der Waals surface area contributed by atoms with Crippen LogP contribution in [-0.4, -0.2) is 31.7 Å². The van der Waals surface area contributed by atoms with Crippen molar-refractivity contribution in [2.75, 3.05) is 18.4 Å². The molecule has 1 aromatic rings. The zero-order chi connectivity index (χ0) is 17.0. The Kier molecular flexibility index (Phi) is 5.36. The fraction of sp³-hybridized carbons (Fsp3) is 0.500. The van der Waals surface area contributed by atoms with E-state index in [1.165, 1.54) is 0 Å². The Hall–Kier alpha value is -1.66. The molecule has 5 nitrogen and oxygen atoms in total. The van der Waals surface area contributed by atoms with Gasteiger partial charge in [0.25, 0.3) is 0 Å². The Morgan fingerprint density at radius 3 is 2.71 bits per heavy atom. The number of anilines is 1. The normalized spacial score (nSPS) is 21.8. The van der Waals surface area contributed by atoms with Gasteiger partial charge < -0.3 is 5.32 Å². The third-order valence-corrected chi connectivity index (χ3v) is 6.53. The highest BCUT2D eigenvalue weighted by Crippen LogP contribution is 2.24. The Morgan fingerprint density at radius 2 is 2.00 bits per heavy atom. The molecule has 1 aliphatic carbocycles. The summed E-state index contributed by atoms with van der Waals surface area (Å²) < 4.78 is 27.0. The summed E-state index contributed by atoms with van der Waals surface area (Å²) >= 11 is 0. The van der Waals surface area contributed by atoms with Gasteiger partial charge in [0.15, 0.2) is 0 Å². The van der Waals surface area contributed by atoms with Crippen LogP contribution in [0, 0.1) is 5.92 Å². The second-order valence-electron chi connectivity index (χ2n) is 6.51. The third kappa shape index (κ3) is 4.05. The molecule has 6 heteroatoms. The van der Waals surface area contributed by atoms with Crippen molar-refractivity contribution in [1.82, 2.24) is 4.31 Å². The maximum atomic E-state index is 12.7. The van der Waals surface area contributed by atoms with Crippen LogP contribution in [0.4, 0.5) is 5.69 Å². The monoisotopic (exact) mass is 348 g/mol. The molecule has 0 bridgehead atoms. The highest BCUT2D eigenvalue weighted by Gasteiger charge is 2.26. The minimum atomic E-state index is -3.47. The Labute approximate surface area is 143 Å². The molecule has 3 rings (SSSR count). The van der Waals surface area contributed by atoms with E-state index in [-0.39, 0.29) is 10.8 Å². The van der Waals surface area contributed by atoms with Gasteiger partial charge in [0.1, 0.15) is 0 Å². The van der Waals surface area contributed by atoms with Crippen molar-refractivity contribution in [2.24, 2.45) is 5.92 Å². The van der Waals surface area contributed by atoms with Crippen LogP contribution in [0.25, 0.3) is 0 Å². The van der Waals surface area contributed by atoms with E-state index >= 15 is 0 Å². The fourth-order valence-corrected chi connectivity index (χ4v) is 4.87. The smallest absolute Gasteiger partial charge is 0.243 e. The predicted molar refractivity (Wildman–Crippen MR) is 94.2 cm³/mol. The first-order valence-electron chi connectivity index (χ1n) is 8.62. The molecule has 24 heavy (non-hydrogen) atoms. The highest BCUT2D eigenvalue weighted by atomic mass is 32.2. The summed E-state index contributed by atoms with van der Waals surface area (Å²) in [4.78, 5) is 12.4. The molecule has 2 aliphatic rings. The molecule has 1 amide bonds. The van der Waals surface area contributed by atoms with Crippen molar-refractivity contribution in [1.29, 1.82) is 0 Å². The number of hydrogen-bond donors (Lipinski definition) is 1. The van der Waals surface area contributed by atoms with Crippen LogP contribution < -0.4 is 5.32 Å². The van der Waals surface area contributed by atoms with E-state index in [1.807, 2.05) is 0 Å². The van der Waals surface area contributed by atoms with E-state index in [0.717, 1.165) is 32.1 Å². The first-order chi connectivity index (χ1) is 11.6. The van der Waals surface area contributed by atoms with E-state index in [9.17, 15) is 13.2 Å². The topological polar surface area (TPSA) is 66.5 Å². The summed E-state index contributed by atoms with van der Waals surface area (Å²) in [7, 11) is -3.47. The molecular weight excluding hydrogens is 324 g/mol. The highest BCUT2D eigenvalue weighted by molar-refractivity contribution is 7.89. The molecule has 1 N–H and O–H groups in total. The zero-order valence-electron chi connectivity index (χ0n) is 13.8. The molecule has 1 aliphatic heterocycles. The molecule has 0 unspecified atom stereocenters. The fourth-order valence-electron chi connectivity index (χ4n) is 3.30. The molecule has 1 aromatic carbocycles. The molecule has 1 fully saturated rings. The summed E-state index contributed by atoms with van der Waals surface area (Å²) in [5, 5.41) is 2.83. The van der Waals surface area contributed by atoms with Gasteiger partial charge in [-0.15, -0.1) is 0 Å². The van der Waals surface area contributed by atoms with Gasteiger partial charge in [-0.2, -0.15) is 4.31 Å². The minimum Gasteiger partial charge on any atom is -0.326 e. The maximum absolute atomic E-state index is 12.7. The predicted octanol–water partition coefficient (Wildman–Crippen LogP) is 3.16. The minimum absolute atomic E-state index is 0.0703. The first kappa shape index (κ1) is 17.2. The summed E-state index contributed by atoms with van der Waals surface area (Å²) in [5.41, 5.74) is 0.542. The molecule has 0 aromatic heterocycles. The van der Waals surface area contributed by atoms with Crippen molar-refractivity contribution in [3.05, 3.63) is 36.4 Å². The van der Waals surface area contributed by atoms with E-state index in [4.69, 9.17) is 0 Å².